The molecule has 0 spiro atoms. The topological polar surface area (TPSA) is 74.7 Å². The maximum absolute atomic E-state index is 12.7. The first-order valence-electron chi connectivity index (χ1n) is 10.1. The number of nitrogens with one attached hydrogen (secondary N) is 3. The number of carbonyl (C=O) groups excluding carboxylic acids is 1. The zero-order valence-corrected chi connectivity index (χ0v) is 17.5. The molecule has 4 aromatic rings. The molecule has 166 valence electrons. The van der Waals surface area contributed by atoms with Crippen LogP contribution < -0.4 is 10.6 Å². The Labute approximate surface area is 182 Å². The van der Waals surface area contributed by atoms with Crippen molar-refractivity contribution >= 4 is 28.3 Å². The predicted octanol–water partition coefficient (Wildman–Crippen LogP) is 6.35. The van der Waals surface area contributed by atoms with E-state index in [9.17, 15) is 18.0 Å². The van der Waals surface area contributed by atoms with Crippen molar-refractivity contribution in [3.8, 4) is 11.1 Å². The van der Waals surface area contributed by atoms with Crippen molar-refractivity contribution in [2.75, 3.05) is 10.6 Å². The Balaban J connectivity index is 1.50. The molecule has 6 nitrogen and oxygen atoms in total. The third kappa shape index (κ3) is 4.77. The van der Waals surface area contributed by atoms with Crippen molar-refractivity contribution in [3.05, 3.63) is 66.6 Å². The van der Waals surface area contributed by atoms with Gasteiger partial charge in [0.15, 0.2) is 0 Å². The van der Waals surface area contributed by atoms with E-state index in [1.54, 1.807) is 12.4 Å². The number of urea groups is 1. The highest BCUT2D eigenvalue weighted by atomic mass is 19.4. The fourth-order valence-corrected chi connectivity index (χ4v) is 3.42. The van der Waals surface area contributed by atoms with Crippen LogP contribution >= 0.6 is 0 Å². The van der Waals surface area contributed by atoms with Crippen LogP contribution in [0.15, 0.2) is 61.1 Å². The number of amides is 2. The van der Waals surface area contributed by atoms with Gasteiger partial charge in [-0.1, -0.05) is 19.9 Å². The largest absolute Gasteiger partial charge is 0.416 e. The van der Waals surface area contributed by atoms with E-state index >= 15 is 0 Å². The van der Waals surface area contributed by atoms with Gasteiger partial charge in [-0.25, -0.2) is 4.79 Å². The lowest BCUT2D eigenvalue weighted by molar-refractivity contribution is -0.137. The molecule has 0 saturated heterocycles. The summed E-state index contributed by atoms with van der Waals surface area (Å²) in [5.74, 6) is 0.480. The number of hydrogen-bond acceptors (Lipinski definition) is 2. The minimum Gasteiger partial charge on any atom is -0.359 e. The summed E-state index contributed by atoms with van der Waals surface area (Å²) in [6, 6.07) is 9.57. The molecule has 0 saturated carbocycles. The number of carbonyl (C=O) groups is 1. The Kier molecular flexibility index (Phi) is 5.65. The fraction of sp³-hybridized carbons (Fsp3) is 0.217. The summed E-state index contributed by atoms with van der Waals surface area (Å²) < 4.78 is 40.0. The summed E-state index contributed by atoms with van der Waals surface area (Å²) in [6.07, 6.45) is 1.04. The van der Waals surface area contributed by atoms with Crippen LogP contribution in [0.5, 0.6) is 0 Å². The standard InChI is InChI=1S/C23H22F3N5O/c1-14(2)12-31-13-16(10-28-31)15-3-8-20-19(9-15)21(11-27-20)30-22(32)29-18-6-4-17(5-7-18)23(24,25)26/h3-11,13-14,27H,12H2,1-2H3,(H2,29,30,32). The summed E-state index contributed by atoms with van der Waals surface area (Å²) in [7, 11) is 0. The van der Waals surface area contributed by atoms with Crippen LogP contribution in [0, 0.1) is 5.92 Å². The summed E-state index contributed by atoms with van der Waals surface area (Å²) in [6.45, 7) is 5.07. The summed E-state index contributed by atoms with van der Waals surface area (Å²) in [5.41, 5.74) is 2.80. The molecule has 2 heterocycles. The molecular formula is C23H22F3N5O. The average Bonchev–Trinajstić information content (AvgIpc) is 3.34. The second-order valence-corrected chi connectivity index (χ2v) is 7.96. The number of nitrogens with zero attached hydrogens (tertiary/aromatic N) is 2. The van der Waals surface area contributed by atoms with Gasteiger partial charge < -0.3 is 15.6 Å². The molecule has 0 aliphatic heterocycles. The number of fused-ring (bicyclic) bond motifs is 1. The molecule has 0 bridgehead atoms. The number of rotatable bonds is 5. The molecule has 0 aliphatic rings. The van der Waals surface area contributed by atoms with E-state index in [0.29, 0.717) is 11.6 Å². The summed E-state index contributed by atoms with van der Waals surface area (Å²) >= 11 is 0. The zero-order chi connectivity index (χ0) is 22.9. The van der Waals surface area contributed by atoms with E-state index in [4.69, 9.17) is 0 Å². The van der Waals surface area contributed by atoms with Crippen LogP contribution in [-0.2, 0) is 12.7 Å². The van der Waals surface area contributed by atoms with E-state index in [0.717, 1.165) is 40.7 Å². The number of H-pyrrole nitrogens is 1. The normalized spacial score (nSPS) is 11.8. The van der Waals surface area contributed by atoms with Gasteiger partial charge in [0.05, 0.1) is 17.4 Å². The third-order valence-electron chi connectivity index (χ3n) is 4.92. The number of benzene rings is 2. The van der Waals surface area contributed by atoms with Gasteiger partial charge in [-0.3, -0.25) is 4.68 Å². The number of halogens is 3. The van der Waals surface area contributed by atoms with Crippen LogP contribution in [0.2, 0.25) is 0 Å². The molecule has 4 rings (SSSR count). The van der Waals surface area contributed by atoms with Crippen LogP contribution in [0.3, 0.4) is 0 Å². The van der Waals surface area contributed by atoms with Crippen LogP contribution in [-0.4, -0.2) is 20.8 Å². The number of aromatic nitrogens is 3. The fourth-order valence-electron chi connectivity index (χ4n) is 3.42. The van der Waals surface area contributed by atoms with E-state index < -0.39 is 17.8 Å². The van der Waals surface area contributed by atoms with Crippen molar-refractivity contribution < 1.29 is 18.0 Å². The van der Waals surface area contributed by atoms with Gasteiger partial charge in [-0.05, 0) is 47.9 Å². The molecule has 0 radical (unpaired) electrons. The molecule has 0 fully saturated rings. The second kappa shape index (κ2) is 8.41. The number of aromatic amines is 1. The van der Waals surface area contributed by atoms with E-state index in [-0.39, 0.29) is 5.69 Å². The Morgan fingerprint density at radius 1 is 1.09 bits per heavy atom. The smallest absolute Gasteiger partial charge is 0.359 e. The minimum atomic E-state index is -4.42. The van der Waals surface area contributed by atoms with Crippen LogP contribution in [0.4, 0.5) is 29.3 Å². The van der Waals surface area contributed by atoms with Gasteiger partial charge in [0, 0.05) is 41.1 Å². The van der Waals surface area contributed by atoms with Crippen LogP contribution in [0.25, 0.3) is 22.0 Å². The monoisotopic (exact) mass is 441 g/mol. The van der Waals surface area contributed by atoms with Gasteiger partial charge in [-0.2, -0.15) is 18.3 Å². The van der Waals surface area contributed by atoms with Gasteiger partial charge in [0.25, 0.3) is 0 Å². The first-order chi connectivity index (χ1) is 15.2. The van der Waals surface area contributed by atoms with Crippen LogP contribution in [0.1, 0.15) is 19.4 Å². The van der Waals surface area contributed by atoms with E-state index in [1.807, 2.05) is 29.1 Å². The number of anilines is 2. The highest BCUT2D eigenvalue weighted by Gasteiger charge is 2.30. The quantitative estimate of drug-likeness (QED) is 0.338. The second-order valence-electron chi connectivity index (χ2n) is 7.96. The molecule has 0 atom stereocenters. The highest BCUT2D eigenvalue weighted by molar-refractivity contribution is 6.06. The Bertz CT molecular complexity index is 1240. The Morgan fingerprint density at radius 3 is 2.53 bits per heavy atom. The summed E-state index contributed by atoms with van der Waals surface area (Å²) in [5, 5.41) is 10.5. The van der Waals surface area contributed by atoms with Gasteiger partial charge in [0.1, 0.15) is 0 Å². The Morgan fingerprint density at radius 2 is 1.84 bits per heavy atom. The molecule has 2 aromatic carbocycles. The maximum Gasteiger partial charge on any atom is 0.416 e. The third-order valence-corrected chi connectivity index (χ3v) is 4.92. The highest BCUT2D eigenvalue weighted by Crippen LogP contribution is 2.31. The molecule has 0 unspecified atom stereocenters. The number of alkyl halides is 3. The average molecular weight is 441 g/mol. The van der Waals surface area contributed by atoms with E-state index in [2.05, 4.69) is 34.6 Å². The number of hydrogen-bond donors (Lipinski definition) is 3. The molecule has 3 N–H and O–H groups in total. The molecule has 32 heavy (non-hydrogen) atoms. The molecule has 0 aliphatic carbocycles. The van der Waals surface area contributed by atoms with E-state index in [1.165, 1.54) is 12.1 Å². The van der Waals surface area contributed by atoms with Crippen molar-refractivity contribution in [1.82, 2.24) is 14.8 Å². The van der Waals surface area contributed by atoms with Crippen molar-refractivity contribution in [2.45, 2.75) is 26.6 Å². The predicted molar refractivity (Wildman–Crippen MR) is 118 cm³/mol. The maximum atomic E-state index is 12.7. The lowest BCUT2D eigenvalue weighted by Gasteiger charge is -2.09. The zero-order valence-electron chi connectivity index (χ0n) is 17.5. The molecule has 9 heteroatoms. The SMILES string of the molecule is CC(C)Cn1cc(-c2ccc3[nH]cc(NC(=O)Nc4ccc(C(F)(F)F)cc4)c3c2)cn1. The Hall–Kier alpha value is -3.75. The lowest BCUT2D eigenvalue weighted by atomic mass is 10.1. The molecule has 2 aromatic heterocycles. The van der Waals surface area contributed by atoms with Gasteiger partial charge in [0.2, 0.25) is 0 Å². The van der Waals surface area contributed by atoms with Crippen molar-refractivity contribution in [1.29, 1.82) is 0 Å². The van der Waals surface area contributed by atoms with Gasteiger partial charge in [-0.15, -0.1) is 0 Å². The molecule has 2 amide bonds. The van der Waals surface area contributed by atoms with Gasteiger partial charge >= 0.3 is 12.2 Å². The molecular weight excluding hydrogens is 419 g/mol. The first kappa shape index (κ1) is 21.5. The van der Waals surface area contributed by atoms with Crippen molar-refractivity contribution in [2.24, 2.45) is 5.92 Å². The summed E-state index contributed by atoms with van der Waals surface area (Å²) in [4.78, 5) is 15.5. The minimum absolute atomic E-state index is 0.258. The first-order valence-corrected chi connectivity index (χ1v) is 10.1. The lowest BCUT2D eigenvalue weighted by Crippen LogP contribution is -2.19. The van der Waals surface area contributed by atoms with Crippen molar-refractivity contribution in [3.63, 3.8) is 0 Å².